The van der Waals surface area contributed by atoms with Gasteiger partial charge in [0.05, 0.1) is 12.6 Å². The second kappa shape index (κ2) is 2.98. The van der Waals surface area contributed by atoms with Crippen molar-refractivity contribution in [1.29, 1.82) is 0 Å². The number of amides is 2. The summed E-state index contributed by atoms with van der Waals surface area (Å²) < 4.78 is 0. The van der Waals surface area contributed by atoms with Gasteiger partial charge in [-0.2, -0.15) is 0 Å². The topological polar surface area (TPSA) is 104 Å². The van der Waals surface area contributed by atoms with Crippen LogP contribution in [0.5, 0.6) is 0 Å². The first-order valence-electron chi connectivity index (χ1n) is 3.49. The van der Waals surface area contributed by atoms with E-state index in [1.807, 2.05) is 0 Å². The molecule has 0 aromatic rings. The monoisotopic (exact) mass is 174 g/mol. The van der Waals surface area contributed by atoms with Gasteiger partial charge in [0.25, 0.3) is 0 Å². The number of β-amino-alcohol motifs (C(OH)–C–C–N with tert-alkyl or cyclic N) is 1. The minimum absolute atomic E-state index is 0.0387. The molecule has 0 aromatic heterocycles. The molecule has 6 nitrogen and oxygen atoms in total. The molecule has 2 atom stereocenters. The lowest BCUT2D eigenvalue weighted by atomic mass is 10.2. The SMILES string of the molecule is NC(=O)C1CC(O)CN1C(=O)O. The minimum Gasteiger partial charge on any atom is -0.465 e. The van der Waals surface area contributed by atoms with Gasteiger partial charge in [0, 0.05) is 6.42 Å². The minimum atomic E-state index is -1.23. The number of rotatable bonds is 1. The number of carbonyl (C=O) groups is 2. The highest BCUT2D eigenvalue weighted by Crippen LogP contribution is 2.17. The maximum atomic E-state index is 10.7. The molecule has 0 bridgehead atoms. The molecule has 1 aliphatic rings. The van der Waals surface area contributed by atoms with E-state index >= 15 is 0 Å². The molecule has 2 amide bonds. The molecule has 2 unspecified atom stereocenters. The lowest BCUT2D eigenvalue weighted by molar-refractivity contribution is -0.121. The molecule has 6 heteroatoms. The van der Waals surface area contributed by atoms with E-state index in [0.29, 0.717) is 0 Å². The molecule has 1 fully saturated rings. The number of hydrogen-bond acceptors (Lipinski definition) is 3. The molecule has 0 spiro atoms. The zero-order chi connectivity index (χ0) is 9.30. The van der Waals surface area contributed by atoms with Crippen molar-refractivity contribution in [3.8, 4) is 0 Å². The van der Waals surface area contributed by atoms with Crippen molar-refractivity contribution in [2.45, 2.75) is 18.6 Å². The summed E-state index contributed by atoms with van der Waals surface area (Å²) in [6.45, 7) is -0.0387. The average Bonchev–Trinajstić information content (AvgIpc) is 2.31. The Labute approximate surface area is 68.6 Å². The van der Waals surface area contributed by atoms with Crippen LogP contribution in [0, 0.1) is 0 Å². The second-order valence-corrected chi connectivity index (χ2v) is 2.74. The van der Waals surface area contributed by atoms with Crippen LogP contribution in [0.15, 0.2) is 0 Å². The van der Waals surface area contributed by atoms with Crippen molar-refractivity contribution in [3.05, 3.63) is 0 Å². The van der Waals surface area contributed by atoms with E-state index in [4.69, 9.17) is 15.9 Å². The zero-order valence-corrected chi connectivity index (χ0v) is 6.30. The van der Waals surface area contributed by atoms with Crippen LogP contribution in [0.2, 0.25) is 0 Å². The van der Waals surface area contributed by atoms with Crippen LogP contribution in [0.3, 0.4) is 0 Å². The van der Waals surface area contributed by atoms with Crippen molar-refractivity contribution in [2.24, 2.45) is 5.73 Å². The Morgan fingerprint density at radius 1 is 1.50 bits per heavy atom. The lowest BCUT2D eigenvalue weighted by Crippen LogP contribution is -2.43. The highest BCUT2D eigenvalue weighted by molar-refractivity contribution is 5.84. The number of hydrogen-bond donors (Lipinski definition) is 3. The first-order valence-corrected chi connectivity index (χ1v) is 3.49. The van der Waals surface area contributed by atoms with Crippen molar-refractivity contribution < 1.29 is 19.8 Å². The highest BCUT2D eigenvalue weighted by atomic mass is 16.4. The number of nitrogens with zero attached hydrogens (tertiary/aromatic N) is 1. The predicted molar refractivity (Wildman–Crippen MR) is 38.3 cm³/mol. The number of carboxylic acid groups (broad SMARTS) is 1. The van der Waals surface area contributed by atoms with Crippen LogP contribution in [0.4, 0.5) is 4.79 Å². The molecule has 68 valence electrons. The fourth-order valence-electron chi connectivity index (χ4n) is 1.29. The van der Waals surface area contributed by atoms with E-state index in [0.717, 1.165) is 4.90 Å². The Kier molecular flexibility index (Phi) is 2.18. The quantitative estimate of drug-likeness (QED) is 0.454. The van der Waals surface area contributed by atoms with E-state index in [-0.39, 0.29) is 13.0 Å². The van der Waals surface area contributed by atoms with Crippen LogP contribution < -0.4 is 5.73 Å². The smallest absolute Gasteiger partial charge is 0.408 e. The molecule has 0 saturated carbocycles. The van der Waals surface area contributed by atoms with Crippen molar-refractivity contribution in [3.63, 3.8) is 0 Å². The van der Waals surface area contributed by atoms with Gasteiger partial charge < -0.3 is 15.9 Å². The van der Waals surface area contributed by atoms with Gasteiger partial charge in [0.1, 0.15) is 6.04 Å². The van der Waals surface area contributed by atoms with Crippen molar-refractivity contribution in [2.75, 3.05) is 6.54 Å². The standard InChI is InChI=1S/C6H10N2O4/c7-5(10)4-1-3(9)2-8(4)6(11)12/h3-4,9H,1-2H2,(H2,7,10)(H,11,12). The molecular weight excluding hydrogens is 164 g/mol. The van der Waals surface area contributed by atoms with E-state index in [1.165, 1.54) is 0 Å². The van der Waals surface area contributed by atoms with Gasteiger partial charge in [-0.05, 0) is 0 Å². The number of carbonyl (C=O) groups excluding carboxylic acids is 1. The Morgan fingerprint density at radius 2 is 2.08 bits per heavy atom. The summed E-state index contributed by atoms with van der Waals surface area (Å²) >= 11 is 0. The molecule has 4 N–H and O–H groups in total. The van der Waals surface area contributed by atoms with Gasteiger partial charge in [-0.3, -0.25) is 9.69 Å². The largest absolute Gasteiger partial charge is 0.465 e. The molecule has 0 aromatic carbocycles. The summed E-state index contributed by atoms with van der Waals surface area (Å²) in [6, 6.07) is -0.877. The van der Waals surface area contributed by atoms with Crippen molar-refractivity contribution in [1.82, 2.24) is 4.90 Å². The number of nitrogens with two attached hydrogens (primary N) is 1. The maximum absolute atomic E-state index is 10.7. The molecule has 0 radical (unpaired) electrons. The molecule has 12 heavy (non-hydrogen) atoms. The first-order chi connectivity index (χ1) is 5.52. The fourth-order valence-corrected chi connectivity index (χ4v) is 1.29. The van der Waals surface area contributed by atoms with Gasteiger partial charge in [-0.15, -0.1) is 0 Å². The Bertz CT molecular complexity index is 196. The maximum Gasteiger partial charge on any atom is 0.408 e. The Morgan fingerprint density at radius 3 is 2.42 bits per heavy atom. The highest BCUT2D eigenvalue weighted by Gasteiger charge is 2.37. The van der Waals surface area contributed by atoms with E-state index in [1.54, 1.807) is 0 Å². The predicted octanol–water partition coefficient (Wildman–Crippen LogP) is -1.42. The molecule has 0 aliphatic carbocycles. The molecular formula is C6H10N2O4. The number of likely N-dealkylation sites (tertiary alicyclic amines) is 1. The van der Waals surface area contributed by atoms with Gasteiger partial charge in [0.2, 0.25) is 5.91 Å². The first kappa shape index (κ1) is 8.79. The summed E-state index contributed by atoms with van der Waals surface area (Å²) in [4.78, 5) is 22.0. The van der Waals surface area contributed by atoms with E-state index in [2.05, 4.69) is 0 Å². The van der Waals surface area contributed by atoms with Crippen LogP contribution in [-0.4, -0.2) is 45.8 Å². The third-order valence-electron chi connectivity index (χ3n) is 1.85. The van der Waals surface area contributed by atoms with Crippen LogP contribution in [0.1, 0.15) is 6.42 Å². The Hall–Kier alpha value is -1.30. The summed E-state index contributed by atoms with van der Waals surface area (Å²) in [7, 11) is 0. The molecule has 1 heterocycles. The number of aliphatic hydroxyl groups excluding tert-OH is 1. The third kappa shape index (κ3) is 1.48. The van der Waals surface area contributed by atoms with E-state index < -0.39 is 24.1 Å². The summed E-state index contributed by atoms with van der Waals surface area (Å²) in [5.41, 5.74) is 4.93. The van der Waals surface area contributed by atoms with E-state index in [9.17, 15) is 9.59 Å². The van der Waals surface area contributed by atoms with Crippen molar-refractivity contribution >= 4 is 12.0 Å². The number of aliphatic hydroxyl groups is 1. The van der Waals surface area contributed by atoms with Gasteiger partial charge >= 0.3 is 6.09 Å². The summed E-state index contributed by atoms with van der Waals surface area (Å²) in [6.07, 6.45) is -1.91. The van der Waals surface area contributed by atoms with Gasteiger partial charge in [0.15, 0.2) is 0 Å². The van der Waals surface area contributed by atoms with Gasteiger partial charge in [-0.1, -0.05) is 0 Å². The number of primary amides is 1. The summed E-state index contributed by atoms with van der Waals surface area (Å²) in [5, 5.41) is 17.6. The Balaban J connectivity index is 2.72. The lowest BCUT2D eigenvalue weighted by Gasteiger charge is -2.17. The zero-order valence-electron chi connectivity index (χ0n) is 6.30. The molecule has 1 saturated heterocycles. The summed E-state index contributed by atoms with van der Waals surface area (Å²) in [5.74, 6) is -0.714. The average molecular weight is 174 g/mol. The van der Waals surface area contributed by atoms with Crippen LogP contribution in [0.25, 0.3) is 0 Å². The molecule has 1 aliphatic heterocycles. The molecule has 1 rings (SSSR count). The van der Waals surface area contributed by atoms with Crippen LogP contribution in [-0.2, 0) is 4.79 Å². The third-order valence-corrected chi connectivity index (χ3v) is 1.85. The fraction of sp³-hybridized carbons (Fsp3) is 0.667. The van der Waals surface area contributed by atoms with Gasteiger partial charge in [-0.25, -0.2) is 4.79 Å². The van der Waals surface area contributed by atoms with Crippen LogP contribution >= 0.6 is 0 Å². The second-order valence-electron chi connectivity index (χ2n) is 2.74. The normalized spacial score (nSPS) is 28.9.